The molecular weight excluding hydrogens is 224 g/mol. The van der Waals surface area contributed by atoms with E-state index in [0.29, 0.717) is 10.8 Å². The van der Waals surface area contributed by atoms with E-state index in [2.05, 4.69) is 4.98 Å². The van der Waals surface area contributed by atoms with Gasteiger partial charge in [0.1, 0.15) is 5.82 Å². The molecule has 0 saturated carbocycles. The summed E-state index contributed by atoms with van der Waals surface area (Å²) in [5, 5.41) is 0.331. The molecule has 0 aliphatic carbocycles. The van der Waals surface area contributed by atoms with Crippen LogP contribution in [0.3, 0.4) is 0 Å². The van der Waals surface area contributed by atoms with Gasteiger partial charge in [-0.2, -0.15) is 0 Å². The molecule has 0 atom stereocenters. The third kappa shape index (κ3) is 2.36. The molecule has 0 aliphatic rings. The van der Waals surface area contributed by atoms with Crippen molar-refractivity contribution in [2.45, 2.75) is 4.90 Å². The highest BCUT2D eigenvalue weighted by Gasteiger charge is 2.11. The highest BCUT2D eigenvalue weighted by molar-refractivity contribution is 7.90. The highest BCUT2D eigenvalue weighted by atomic mass is 35.5. The Morgan fingerprint density at radius 1 is 1.43 bits per heavy atom. The second kappa shape index (κ2) is 3.74. The lowest BCUT2D eigenvalue weighted by atomic mass is 10.4. The lowest BCUT2D eigenvalue weighted by Gasteiger charge is -2.12. The molecule has 0 bridgehead atoms. The largest absolute Gasteiger partial charge is 0.362 e. The summed E-state index contributed by atoms with van der Waals surface area (Å²) in [6.07, 6.45) is 2.42. The number of pyridine rings is 1. The van der Waals surface area contributed by atoms with Gasteiger partial charge in [0.15, 0.2) is 9.84 Å². The topological polar surface area (TPSA) is 50.3 Å². The Morgan fingerprint density at radius 3 is 2.36 bits per heavy atom. The molecule has 1 aromatic heterocycles. The van der Waals surface area contributed by atoms with Gasteiger partial charge in [0.25, 0.3) is 0 Å². The maximum absolute atomic E-state index is 11.2. The van der Waals surface area contributed by atoms with Crippen molar-refractivity contribution in [3.05, 3.63) is 17.3 Å². The summed E-state index contributed by atoms with van der Waals surface area (Å²) in [6.45, 7) is 0. The van der Waals surface area contributed by atoms with E-state index in [1.807, 2.05) is 0 Å². The van der Waals surface area contributed by atoms with Gasteiger partial charge in [-0.05, 0) is 6.07 Å². The van der Waals surface area contributed by atoms with E-state index in [4.69, 9.17) is 11.6 Å². The van der Waals surface area contributed by atoms with Crippen LogP contribution in [0.2, 0.25) is 5.02 Å². The number of rotatable bonds is 2. The van der Waals surface area contributed by atoms with Gasteiger partial charge in [-0.3, -0.25) is 0 Å². The van der Waals surface area contributed by atoms with Crippen molar-refractivity contribution >= 4 is 27.3 Å². The molecule has 0 N–H and O–H groups in total. The Morgan fingerprint density at radius 2 is 2.00 bits per heavy atom. The summed E-state index contributed by atoms with van der Waals surface area (Å²) in [6, 6.07) is 1.40. The fourth-order valence-corrected chi connectivity index (χ4v) is 1.92. The van der Waals surface area contributed by atoms with Gasteiger partial charge in [0, 0.05) is 26.5 Å². The molecule has 0 unspecified atom stereocenters. The number of sulfone groups is 1. The first-order chi connectivity index (χ1) is 6.32. The standard InChI is InChI=1S/C8H11ClN2O2S/c1-11(2)8-7(9)4-6(5-10-8)14(3,12)13/h4-5H,1-3H3. The Bertz CT molecular complexity index is 443. The van der Waals surface area contributed by atoms with Crippen LogP contribution in [0, 0.1) is 0 Å². The minimum Gasteiger partial charge on any atom is -0.362 e. The van der Waals surface area contributed by atoms with Crippen molar-refractivity contribution in [1.29, 1.82) is 0 Å². The monoisotopic (exact) mass is 234 g/mol. The SMILES string of the molecule is CN(C)c1ncc(S(C)(=O)=O)cc1Cl. The van der Waals surface area contributed by atoms with Crippen LogP contribution < -0.4 is 4.90 Å². The molecule has 1 aromatic rings. The van der Waals surface area contributed by atoms with E-state index in [0.717, 1.165) is 6.26 Å². The molecule has 1 heterocycles. The Balaban J connectivity index is 3.27. The van der Waals surface area contributed by atoms with Crippen LogP contribution >= 0.6 is 11.6 Å². The van der Waals surface area contributed by atoms with Crippen LogP contribution in [-0.2, 0) is 9.84 Å². The van der Waals surface area contributed by atoms with Gasteiger partial charge in [-0.1, -0.05) is 11.6 Å². The number of nitrogens with zero attached hydrogens (tertiary/aromatic N) is 2. The summed E-state index contributed by atoms with van der Waals surface area (Å²) in [5.74, 6) is 0.555. The van der Waals surface area contributed by atoms with Gasteiger partial charge in [0.05, 0.1) is 9.92 Å². The van der Waals surface area contributed by atoms with Crippen molar-refractivity contribution in [3.8, 4) is 0 Å². The quantitative estimate of drug-likeness (QED) is 0.772. The first-order valence-electron chi connectivity index (χ1n) is 3.85. The molecule has 14 heavy (non-hydrogen) atoms. The van der Waals surface area contributed by atoms with E-state index in [1.165, 1.54) is 12.3 Å². The molecule has 78 valence electrons. The minimum atomic E-state index is -3.23. The van der Waals surface area contributed by atoms with Gasteiger partial charge in [0.2, 0.25) is 0 Å². The second-order valence-electron chi connectivity index (χ2n) is 3.14. The van der Waals surface area contributed by atoms with Crippen LogP contribution in [0.1, 0.15) is 0 Å². The maximum Gasteiger partial charge on any atom is 0.177 e. The van der Waals surface area contributed by atoms with Crippen molar-refractivity contribution < 1.29 is 8.42 Å². The molecule has 6 heteroatoms. The maximum atomic E-state index is 11.2. The molecule has 0 amide bonds. The third-order valence-electron chi connectivity index (χ3n) is 1.65. The van der Waals surface area contributed by atoms with Crippen LogP contribution in [0.5, 0.6) is 0 Å². The van der Waals surface area contributed by atoms with E-state index in [-0.39, 0.29) is 4.90 Å². The molecule has 4 nitrogen and oxygen atoms in total. The number of hydrogen-bond donors (Lipinski definition) is 0. The van der Waals surface area contributed by atoms with Crippen molar-refractivity contribution in [2.75, 3.05) is 25.3 Å². The second-order valence-corrected chi connectivity index (χ2v) is 5.57. The summed E-state index contributed by atoms with van der Waals surface area (Å²) in [4.78, 5) is 5.81. The molecule has 1 rings (SSSR count). The lowest BCUT2D eigenvalue weighted by molar-refractivity contribution is 0.601. The van der Waals surface area contributed by atoms with Crippen molar-refractivity contribution in [3.63, 3.8) is 0 Å². The average molecular weight is 235 g/mol. The number of hydrogen-bond acceptors (Lipinski definition) is 4. The average Bonchev–Trinajstić information content (AvgIpc) is 2.01. The summed E-state index contributed by atoms with van der Waals surface area (Å²) in [5.41, 5.74) is 0. The number of aromatic nitrogens is 1. The molecule has 0 radical (unpaired) electrons. The molecule has 0 aromatic carbocycles. The highest BCUT2D eigenvalue weighted by Crippen LogP contribution is 2.23. The molecule has 0 spiro atoms. The Kier molecular flexibility index (Phi) is 3.01. The summed E-state index contributed by atoms with van der Waals surface area (Å²) < 4.78 is 22.3. The van der Waals surface area contributed by atoms with Crippen molar-refractivity contribution in [1.82, 2.24) is 4.98 Å². The van der Waals surface area contributed by atoms with Gasteiger partial charge in [-0.25, -0.2) is 13.4 Å². The fourth-order valence-electron chi connectivity index (χ4n) is 0.945. The van der Waals surface area contributed by atoms with Crippen molar-refractivity contribution in [2.24, 2.45) is 0 Å². The van der Waals surface area contributed by atoms with Crippen LogP contribution in [0.25, 0.3) is 0 Å². The van der Waals surface area contributed by atoms with Gasteiger partial charge >= 0.3 is 0 Å². The van der Waals surface area contributed by atoms with Gasteiger partial charge in [-0.15, -0.1) is 0 Å². The zero-order chi connectivity index (χ0) is 10.9. The molecule has 0 saturated heterocycles. The van der Waals surface area contributed by atoms with Crippen LogP contribution in [0.15, 0.2) is 17.2 Å². The fraction of sp³-hybridized carbons (Fsp3) is 0.375. The Hall–Kier alpha value is -0.810. The molecule has 0 fully saturated rings. The first kappa shape index (κ1) is 11.3. The third-order valence-corrected chi connectivity index (χ3v) is 3.01. The molecule has 0 aliphatic heterocycles. The van der Waals surface area contributed by atoms with Crippen LogP contribution in [-0.4, -0.2) is 33.8 Å². The van der Waals surface area contributed by atoms with E-state index in [1.54, 1.807) is 19.0 Å². The van der Waals surface area contributed by atoms with Gasteiger partial charge < -0.3 is 4.90 Å². The first-order valence-corrected chi connectivity index (χ1v) is 6.12. The summed E-state index contributed by atoms with van der Waals surface area (Å²) in [7, 11) is 0.339. The smallest absolute Gasteiger partial charge is 0.177 e. The number of anilines is 1. The minimum absolute atomic E-state index is 0.133. The molecular formula is C8H11ClN2O2S. The van der Waals surface area contributed by atoms with E-state index < -0.39 is 9.84 Å². The zero-order valence-corrected chi connectivity index (χ0v) is 9.72. The Labute approximate surface area is 88.4 Å². The van der Waals surface area contributed by atoms with E-state index >= 15 is 0 Å². The summed E-state index contributed by atoms with van der Waals surface area (Å²) >= 11 is 5.86. The zero-order valence-electron chi connectivity index (χ0n) is 8.15. The predicted molar refractivity (Wildman–Crippen MR) is 56.7 cm³/mol. The predicted octanol–water partition coefficient (Wildman–Crippen LogP) is 1.20. The van der Waals surface area contributed by atoms with Crippen LogP contribution in [0.4, 0.5) is 5.82 Å². The number of halogens is 1. The normalized spacial score (nSPS) is 11.4. The lowest BCUT2D eigenvalue weighted by Crippen LogP contribution is -2.11. The van der Waals surface area contributed by atoms with E-state index in [9.17, 15) is 8.42 Å².